The molecule has 13 heterocycles. The van der Waals surface area contributed by atoms with E-state index in [0.29, 0.717) is 79.0 Å². The van der Waals surface area contributed by atoms with Crippen molar-refractivity contribution in [1.82, 2.24) is 70.8 Å². The molecule has 0 aliphatic carbocycles. The Balaban J connectivity index is 0.000000112. The lowest BCUT2D eigenvalue weighted by Gasteiger charge is -2.60. The van der Waals surface area contributed by atoms with Crippen LogP contribution in [0.1, 0.15) is 57.8 Å². The fourth-order valence-corrected chi connectivity index (χ4v) is 16.4. The van der Waals surface area contributed by atoms with Crippen molar-refractivity contribution in [3.63, 3.8) is 0 Å². The van der Waals surface area contributed by atoms with Gasteiger partial charge in [-0.2, -0.15) is 20.4 Å². The average molecular weight is 1340 g/mol. The van der Waals surface area contributed by atoms with Crippen LogP contribution in [0.25, 0.3) is 43.6 Å². The van der Waals surface area contributed by atoms with Crippen LogP contribution in [0.4, 0.5) is 27.5 Å². The molecule has 24 nitrogen and oxygen atoms in total. The zero-order valence-electron chi connectivity index (χ0n) is 50.9. The van der Waals surface area contributed by atoms with Crippen molar-refractivity contribution in [3.05, 3.63) is 93.4 Å². The summed E-state index contributed by atoms with van der Waals surface area (Å²) in [7, 11) is 0.801. The average Bonchev–Trinajstić information content (AvgIpc) is 1.32. The Morgan fingerprint density at radius 2 is 1.04 bits per heavy atom. The van der Waals surface area contributed by atoms with Crippen LogP contribution in [-0.2, 0) is 24.4 Å². The Morgan fingerprint density at radius 1 is 0.571 bits per heavy atom. The Kier molecular flexibility index (Phi) is 17.3. The Morgan fingerprint density at radius 3 is 1.52 bits per heavy atom. The minimum Gasteiger partial charge on any atom is -0.371 e. The largest absolute Gasteiger partial charge is 0.371 e. The number of rotatable bonds is 8. The Labute approximate surface area is 546 Å². The molecule has 4 aromatic carbocycles. The molecule has 9 fully saturated rings. The predicted octanol–water partition coefficient (Wildman–Crippen LogP) is 8.00. The van der Waals surface area contributed by atoms with Gasteiger partial charge in [-0.15, -0.1) is 0 Å². The second-order valence-electron chi connectivity index (χ2n) is 26.1. The fraction of sp³-hybridized carbons (Fsp3) is 0.484. The molecular weight excluding hydrogens is 1270 g/mol. The number of nitrogens with zero attached hydrogens (tertiary/aromatic N) is 11. The lowest BCUT2D eigenvalue weighted by Crippen LogP contribution is -2.72. The smallest absolute Gasteiger partial charge is 0.325 e. The van der Waals surface area contributed by atoms with Gasteiger partial charge in [-0.3, -0.25) is 39.7 Å². The number of amides is 5. The third-order valence-electron chi connectivity index (χ3n) is 19.7. The molecule has 8 aromatic rings. The third kappa shape index (κ3) is 12.9. The number of carbonyl (C=O) groups is 4. The van der Waals surface area contributed by atoms with Gasteiger partial charge in [0.05, 0.1) is 59.0 Å². The molecule has 7 N–H and O–H groups in total. The first-order valence-corrected chi connectivity index (χ1v) is 34.3. The fourth-order valence-electron chi connectivity index (χ4n) is 14.6. The number of piperidine rings is 3. The highest BCUT2D eigenvalue weighted by atomic mass is 35.5. The number of aromatic nitrogens is 8. The number of sulfonamides is 1. The van der Waals surface area contributed by atoms with Gasteiger partial charge in [-0.25, -0.2) is 17.5 Å². The molecule has 2 bridgehead atoms. The SMILES string of the molecule is CN(C)CCN1C(=O)NC2(CCN(c3cc(Cl)cc4[nH]ncc34)CC2)C1=O.CS(=O)(=O)N1CC2(CN(c3cc(Cl)cc4[nH]ncc34)C2)C1.O=C1CCC2(CCN1)CCN(c1cc(Cl)cc3[nH]ncc13)CC2.O=C1N[C@H]2CC[C@@H]1CN(c1cc(Cl)cc3[nH]ncc13)C2. The number of carbonyl (C=O) groups excluding carboxylic acids is 4. The lowest BCUT2D eigenvalue weighted by atomic mass is 9.73. The van der Waals surface area contributed by atoms with Crippen LogP contribution < -0.4 is 35.6 Å². The molecule has 4 aromatic heterocycles. The highest BCUT2D eigenvalue weighted by Gasteiger charge is 2.55. The number of H-pyrrole nitrogens is 4. The molecule has 0 radical (unpaired) electrons. The molecule has 17 rings (SSSR count). The van der Waals surface area contributed by atoms with Gasteiger partial charge < -0.3 is 40.4 Å². The molecular formula is C62H74Cl4N18O6S. The second kappa shape index (κ2) is 25.1. The summed E-state index contributed by atoms with van der Waals surface area (Å²) in [5, 5.41) is 44.3. The highest BCUT2D eigenvalue weighted by Crippen LogP contribution is 2.46. The molecule has 0 saturated carbocycles. The van der Waals surface area contributed by atoms with Crippen molar-refractivity contribution in [2.45, 2.75) is 69.4 Å². The summed E-state index contributed by atoms with van der Waals surface area (Å²) in [4.78, 5) is 61.3. The van der Waals surface area contributed by atoms with Crippen LogP contribution in [0.2, 0.25) is 20.1 Å². The number of likely N-dealkylation sites (N-methyl/N-ethyl adjacent to an activating group) is 1. The summed E-state index contributed by atoms with van der Waals surface area (Å²) >= 11 is 24.9. The zero-order valence-corrected chi connectivity index (χ0v) is 54.8. The summed E-state index contributed by atoms with van der Waals surface area (Å²) in [5.41, 5.74) is 7.67. The maximum Gasteiger partial charge on any atom is 0.325 e. The molecule has 9 saturated heterocycles. The van der Waals surface area contributed by atoms with Gasteiger partial charge >= 0.3 is 6.03 Å². The molecule has 482 valence electrons. The molecule has 29 heteroatoms. The first-order valence-electron chi connectivity index (χ1n) is 30.9. The molecule has 5 amide bonds. The van der Waals surface area contributed by atoms with Crippen LogP contribution in [0.5, 0.6) is 0 Å². The van der Waals surface area contributed by atoms with Gasteiger partial charge in [0, 0.05) is 167 Å². The molecule has 2 atom stereocenters. The molecule has 0 unspecified atom stereocenters. The molecule has 3 spiro atoms. The summed E-state index contributed by atoms with van der Waals surface area (Å²) < 4.78 is 24.5. The van der Waals surface area contributed by atoms with Crippen LogP contribution in [0.15, 0.2) is 73.3 Å². The number of aromatic amines is 4. The minimum atomic E-state index is -3.05. The van der Waals surface area contributed by atoms with Gasteiger partial charge in [-0.05, 0) is 119 Å². The van der Waals surface area contributed by atoms with Gasteiger partial charge in [0.15, 0.2) is 0 Å². The number of fused-ring (bicyclic) bond motifs is 8. The summed E-state index contributed by atoms with van der Waals surface area (Å²) in [6.07, 6.45) is 16.8. The van der Waals surface area contributed by atoms with Gasteiger partial charge in [0.25, 0.3) is 5.91 Å². The van der Waals surface area contributed by atoms with Gasteiger partial charge in [0.1, 0.15) is 5.54 Å². The monoisotopic (exact) mass is 1340 g/mol. The number of urea groups is 1. The van der Waals surface area contributed by atoms with Crippen LogP contribution >= 0.6 is 46.4 Å². The van der Waals surface area contributed by atoms with E-state index in [1.54, 1.807) is 12.4 Å². The number of nitrogens with one attached hydrogen (secondary N) is 7. The van der Waals surface area contributed by atoms with Crippen molar-refractivity contribution >= 4 is 147 Å². The number of hydrogen-bond acceptors (Lipinski definition) is 15. The Hall–Kier alpha value is -7.13. The maximum atomic E-state index is 12.9. The second-order valence-corrected chi connectivity index (χ2v) is 29.9. The van der Waals surface area contributed by atoms with E-state index in [0.717, 1.165) is 150 Å². The van der Waals surface area contributed by atoms with E-state index in [1.165, 1.54) is 21.1 Å². The number of anilines is 4. The molecule has 9 aliphatic rings. The summed E-state index contributed by atoms with van der Waals surface area (Å²) in [6, 6.07) is 15.3. The number of hydrogen-bond donors (Lipinski definition) is 7. The van der Waals surface area contributed by atoms with Crippen molar-refractivity contribution in [1.29, 1.82) is 0 Å². The number of halogens is 4. The highest BCUT2D eigenvalue weighted by molar-refractivity contribution is 7.88. The standard InChI is InChI=1S/C18H23ClN6O2.C17H21ClN4O.C14H15ClN4O.C13H15ClN4O2S/c1-23(2)7-8-25-16(26)18(21-17(25)27)3-5-24(6-4-18)15-10-12(19)9-14-13(15)11-20-22-14;18-12-9-14-13(11-20-21-14)15(10-12)22-7-4-17(5-8-22)2-1-16(23)19-6-3-17;15-9-3-12-11(5-16-18-12)13(4-9)19-6-8-1-2-10(7-19)17-14(8)20;1-21(19,20)18-7-13(8-18)5-17(6-13)12-3-9(14)2-11-10(12)4-15-16-11/h9-11H,3-8H2,1-2H3,(H,20,22)(H,21,27);9-11H,1-8H2,(H,19,23)(H,20,21);3-5,8,10H,1-2,6-7H2,(H,16,18)(H,17,20);2-4H,5-8H2,1H3,(H,15,16)/t;;8-,10+;/m..1./s1. The van der Waals surface area contributed by atoms with Crippen LogP contribution in [0.3, 0.4) is 0 Å². The predicted molar refractivity (Wildman–Crippen MR) is 356 cm³/mol. The quantitative estimate of drug-likeness (QED) is 0.0710. The first kappa shape index (κ1) is 62.7. The molecule has 91 heavy (non-hydrogen) atoms. The summed E-state index contributed by atoms with van der Waals surface area (Å²) in [5.74, 6) is 0.372. The van der Waals surface area contributed by atoms with Crippen molar-refractivity contribution < 1.29 is 27.6 Å². The normalized spacial score (nSPS) is 21.9. The van der Waals surface area contributed by atoms with E-state index >= 15 is 0 Å². The van der Waals surface area contributed by atoms with E-state index in [-0.39, 0.29) is 41.1 Å². The third-order valence-corrected chi connectivity index (χ3v) is 21.8. The zero-order chi connectivity index (χ0) is 63.6. The van der Waals surface area contributed by atoms with Crippen molar-refractivity contribution in [3.8, 4) is 0 Å². The van der Waals surface area contributed by atoms with Gasteiger partial charge in [0.2, 0.25) is 21.8 Å². The summed E-state index contributed by atoms with van der Waals surface area (Å²) in [6.45, 7) is 9.78. The minimum absolute atomic E-state index is 0.0784. The number of benzene rings is 4. The topological polar surface area (TPSA) is 276 Å². The van der Waals surface area contributed by atoms with E-state index in [4.69, 9.17) is 46.4 Å². The Bertz CT molecular complexity index is 4180. The van der Waals surface area contributed by atoms with E-state index in [2.05, 4.69) is 76.3 Å². The van der Waals surface area contributed by atoms with Crippen LogP contribution in [0, 0.1) is 16.7 Å². The van der Waals surface area contributed by atoms with Crippen molar-refractivity contribution in [2.24, 2.45) is 16.7 Å². The van der Waals surface area contributed by atoms with E-state index in [1.807, 2.05) is 79.9 Å². The van der Waals surface area contributed by atoms with E-state index < -0.39 is 15.6 Å². The lowest BCUT2D eigenvalue weighted by molar-refractivity contribution is -0.132. The van der Waals surface area contributed by atoms with Gasteiger partial charge in [-0.1, -0.05) is 46.4 Å². The number of imide groups is 1. The maximum absolute atomic E-state index is 12.9. The first-order chi connectivity index (χ1) is 43.6. The molecule has 9 aliphatic heterocycles. The van der Waals surface area contributed by atoms with E-state index in [9.17, 15) is 27.6 Å². The van der Waals surface area contributed by atoms with Crippen molar-refractivity contribution in [2.75, 3.05) is 125 Å². The van der Waals surface area contributed by atoms with Crippen LogP contribution in [-0.4, -0.2) is 204 Å².